The van der Waals surface area contributed by atoms with E-state index in [0.29, 0.717) is 0 Å². The summed E-state index contributed by atoms with van der Waals surface area (Å²) in [6, 6.07) is 17.5. The van der Waals surface area contributed by atoms with Crippen molar-refractivity contribution in [1.29, 1.82) is 0 Å². The molecule has 0 aliphatic carbocycles. The van der Waals surface area contributed by atoms with E-state index in [2.05, 4.69) is 10.5 Å². The maximum absolute atomic E-state index is 12.4. The number of aliphatic hydroxyl groups is 1. The number of nitrogens with zero attached hydrogens (tertiary/aromatic N) is 1. The molecule has 0 bridgehead atoms. The Kier molecular flexibility index (Phi) is 6.78. The average Bonchev–Trinajstić information content (AvgIpc) is 3.25. The number of hydrogen-bond donors (Lipinski definition) is 4. The van der Waals surface area contributed by atoms with Crippen molar-refractivity contribution >= 4 is 17.8 Å². The molecule has 160 valence electrons. The van der Waals surface area contributed by atoms with Crippen LogP contribution in [0.15, 0.2) is 65.2 Å². The summed E-state index contributed by atoms with van der Waals surface area (Å²) in [5, 5.41) is 33.5. The highest BCUT2D eigenvalue weighted by Gasteiger charge is 2.24. The average molecular weight is 424 g/mol. The number of aliphatic carboxylic acids is 1. The van der Waals surface area contributed by atoms with Gasteiger partial charge in [0.25, 0.3) is 5.91 Å². The molecule has 1 amide bonds. The van der Waals surface area contributed by atoms with E-state index in [1.807, 2.05) is 54.6 Å². The molecule has 31 heavy (non-hydrogen) atoms. The number of aromatic nitrogens is 1. The molecule has 0 saturated heterocycles. The maximum atomic E-state index is 12.4. The van der Waals surface area contributed by atoms with E-state index in [0.717, 1.165) is 22.8 Å². The molecule has 9 heteroatoms. The Morgan fingerprint density at radius 3 is 2.19 bits per heavy atom. The molecule has 3 aromatic rings. The molecule has 0 unspecified atom stereocenters. The first-order valence-electron chi connectivity index (χ1n) is 9.39. The lowest BCUT2D eigenvalue weighted by Gasteiger charge is -2.20. The van der Waals surface area contributed by atoms with Gasteiger partial charge in [-0.15, -0.1) is 0 Å². The van der Waals surface area contributed by atoms with Crippen LogP contribution in [0.2, 0.25) is 0 Å². The third-order valence-corrected chi connectivity index (χ3v) is 4.62. The quantitative estimate of drug-likeness (QED) is 0.408. The first kappa shape index (κ1) is 21.7. The predicted octanol–water partition coefficient (Wildman–Crippen LogP) is 2.22. The molecule has 2 atom stereocenters. The number of nitrogens with one attached hydrogen (secondary N) is 1. The van der Waals surface area contributed by atoms with E-state index in [4.69, 9.17) is 14.7 Å². The highest BCUT2D eigenvalue weighted by Crippen LogP contribution is 2.20. The van der Waals surface area contributed by atoms with Crippen LogP contribution in [0.5, 0.6) is 0 Å². The van der Waals surface area contributed by atoms with Crippen molar-refractivity contribution in [2.75, 3.05) is 0 Å². The van der Waals surface area contributed by atoms with E-state index in [1.54, 1.807) is 0 Å². The number of amides is 1. The molecule has 0 radical (unpaired) electrons. The van der Waals surface area contributed by atoms with Crippen molar-refractivity contribution in [3.05, 3.63) is 77.7 Å². The van der Waals surface area contributed by atoms with Crippen LogP contribution in [0, 0.1) is 0 Å². The molecule has 2 aromatic carbocycles. The second kappa shape index (κ2) is 9.68. The summed E-state index contributed by atoms with van der Waals surface area (Å²) in [7, 11) is 0. The first-order chi connectivity index (χ1) is 14.8. The van der Waals surface area contributed by atoms with E-state index < -0.39 is 35.7 Å². The van der Waals surface area contributed by atoms with Gasteiger partial charge in [0.1, 0.15) is 0 Å². The molecule has 0 aliphatic heterocycles. The van der Waals surface area contributed by atoms with Gasteiger partial charge in [-0.3, -0.25) is 4.79 Å². The molecule has 0 saturated carbocycles. The monoisotopic (exact) mass is 424 g/mol. The Morgan fingerprint density at radius 1 is 0.968 bits per heavy atom. The minimum atomic E-state index is -1.68. The van der Waals surface area contributed by atoms with Crippen LogP contribution in [0.25, 0.3) is 11.1 Å². The summed E-state index contributed by atoms with van der Waals surface area (Å²) in [5.41, 5.74) is 2.42. The molecule has 4 N–H and O–H groups in total. The number of aliphatic hydroxyl groups excluding tert-OH is 1. The zero-order chi connectivity index (χ0) is 22.4. The molecule has 9 nitrogen and oxygen atoms in total. The fourth-order valence-corrected chi connectivity index (χ4v) is 3.05. The molecule has 3 rings (SSSR count). The number of hydrogen-bond acceptors (Lipinski definition) is 6. The number of rotatable bonds is 9. The van der Waals surface area contributed by atoms with Gasteiger partial charge < -0.3 is 25.2 Å². The van der Waals surface area contributed by atoms with Crippen LogP contribution >= 0.6 is 0 Å². The number of carbonyl (C=O) groups is 3. The molecular formula is C22H20N2O7. The van der Waals surface area contributed by atoms with Crippen LogP contribution in [0.3, 0.4) is 0 Å². The van der Waals surface area contributed by atoms with Crippen LogP contribution < -0.4 is 5.32 Å². The van der Waals surface area contributed by atoms with Gasteiger partial charge in [0.05, 0.1) is 0 Å². The fourth-order valence-electron chi connectivity index (χ4n) is 3.05. The van der Waals surface area contributed by atoms with Crippen LogP contribution in [-0.4, -0.2) is 50.5 Å². The van der Waals surface area contributed by atoms with Gasteiger partial charge in [0.15, 0.2) is 11.8 Å². The lowest BCUT2D eigenvalue weighted by molar-refractivity contribution is -0.147. The van der Waals surface area contributed by atoms with E-state index in [-0.39, 0.29) is 18.6 Å². The van der Waals surface area contributed by atoms with E-state index >= 15 is 0 Å². The molecule has 0 spiro atoms. The van der Waals surface area contributed by atoms with Gasteiger partial charge in [-0.2, -0.15) is 0 Å². The fraction of sp³-hybridized carbons (Fsp3) is 0.182. The molecule has 1 heterocycles. The van der Waals surface area contributed by atoms with Gasteiger partial charge in [0, 0.05) is 18.5 Å². The third-order valence-electron chi connectivity index (χ3n) is 4.62. The van der Waals surface area contributed by atoms with Gasteiger partial charge in [-0.05, 0) is 23.1 Å². The summed E-state index contributed by atoms with van der Waals surface area (Å²) in [6.45, 7) is 0. The highest BCUT2D eigenvalue weighted by molar-refractivity contribution is 5.94. The van der Waals surface area contributed by atoms with Crippen LogP contribution in [0.1, 0.15) is 33.0 Å². The number of carboxylic acids is 2. The molecule has 0 aliphatic rings. The SMILES string of the molecule is O=C(O)c1cc(C(=O)N[C@H](Cc2ccc(-c3ccccc3)cc2)C[C@@H](O)C(=O)O)on1. The Bertz CT molecular complexity index is 1060. The number of carbonyl (C=O) groups excluding carboxylic acids is 1. The standard InChI is InChI=1S/C22H20N2O7/c25-18(22(29)30)11-16(23-20(26)19-12-17(21(27)28)24-31-19)10-13-6-8-15(9-7-13)14-4-2-1-3-5-14/h1-9,12,16,18,25H,10-11H2,(H,23,26)(H,27,28)(H,29,30)/t16-,18-/m1/s1. The predicted molar refractivity (Wildman–Crippen MR) is 109 cm³/mol. The van der Waals surface area contributed by atoms with E-state index in [9.17, 15) is 19.5 Å². The largest absolute Gasteiger partial charge is 0.479 e. The van der Waals surface area contributed by atoms with Crippen molar-refractivity contribution in [2.24, 2.45) is 0 Å². The Labute approximate surface area is 176 Å². The van der Waals surface area contributed by atoms with Crippen LogP contribution in [0.4, 0.5) is 0 Å². The lowest BCUT2D eigenvalue weighted by Crippen LogP contribution is -2.40. The summed E-state index contributed by atoms with van der Waals surface area (Å²) in [5.74, 6) is -3.85. The minimum Gasteiger partial charge on any atom is -0.479 e. The maximum Gasteiger partial charge on any atom is 0.358 e. The topological polar surface area (TPSA) is 150 Å². The second-order valence-electron chi connectivity index (χ2n) is 6.91. The highest BCUT2D eigenvalue weighted by atomic mass is 16.5. The summed E-state index contributed by atoms with van der Waals surface area (Å²) >= 11 is 0. The summed E-state index contributed by atoms with van der Waals surface area (Å²) in [6.07, 6.45) is -1.69. The van der Waals surface area contributed by atoms with Crippen molar-refractivity contribution in [3.8, 4) is 11.1 Å². The Balaban J connectivity index is 1.74. The minimum absolute atomic E-state index is 0.241. The first-order valence-corrected chi connectivity index (χ1v) is 9.39. The molecule has 1 aromatic heterocycles. The van der Waals surface area contributed by atoms with Crippen molar-refractivity contribution in [2.45, 2.75) is 25.0 Å². The van der Waals surface area contributed by atoms with Gasteiger partial charge in [-0.25, -0.2) is 9.59 Å². The Hall–Kier alpha value is -3.98. The zero-order valence-electron chi connectivity index (χ0n) is 16.3. The Morgan fingerprint density at radius 2 is 1.61 bits per heavy atom. The molecule has 0 fully saturated rings. The zero-order valence-corrected chi connectivity index (χ0v) is 16.3. The smallest absolute Gasteiger partial charge is 0.358 e. The number of aromatic carboxylic acids is 1. The summed E-state index contributed by atoms with van der Waals surface area (Å²) in [4.78, 5) is 34.4. The van der Waals surface area contributed by atoms with Crippen molar-refractivity contribution in [1.82, 2.24) is 10.5 Å². The summed E-state index contributed by atoms with van der Waals surface area (Å²) < 4.78 is 4.73. The van der Waals surface area contributed by atoms with Gasteiger partial charge >= 0.3 is 11.9 Å². The lowest BCUT2D eigenvalue weighted by atomic mass is 9.97. The second-order valence-corrected chi connectivity index (χ2v) is 6.91. The van der Waals surface area contributed by atoms with E-state index in [1.165, 1.54) is 0 Å². The number of benzene rings is 2. The van der Waals surface area contributed by atoms with Crippen LogP contribution in [-0.2, 0) is 11.2 Å². The van der Waals surface area contributed by atoms with Crippen molar-refractivity contribution < 1.29 is 34.2 Å². The van der Waals surface area contributed by atoms with Gasteiger partial charge in [0.2, 0.25) is 5.76 Å². The third kappa shape index (κ3) is 5.77. The van der Waals surface area contributed by atoms with Gasteiger partial charge in [-0.1, -0.05) is 59.8 Å². The van der Waals surface area contributed by atoms with Crippen molar-refractivity contribution in [3.63, 3.8) is 0 Å². The molecular weight excluding hydrogens is 404 g/mol. The number of carboxylic acid groups (broad SMARTS) is 2. The normalized spacial score (nSPS) is 12.7.